The van der Waals surface area contributed by atoms with Gasteiger partial charge >= 0.3 is 0 Å². The number of aromatic nitrogens is 2. The smallest absolute Gasteiger partial charge is 0.283 e. The summed E-state index contributed by atoms with van der Waals surface area (Å²) >= 11 is 2.83. The zero-order chi connectivity index (χ0) is 19.7. The maximum atomic E-state index is 12.5. The standard InChI is InChI=1S/C19H14N4O3S2/c1-27-17-7-4-13(10-16(17)23(25)26)18(24)20-14-5-2-12(3-6-14)15-11-22-8-9-28-19(22)21-15/h2-11H,1H3,(H,20,24). The normalized spacial score (nSPS) is 10.9. The molecular weight excluding hydrogens is 396 g/mol. The molecule has 0 saturated carbocycles. The van der Waals surface area contributed by atoms with E-state index in [1.807, 2.05) is 34.3 Å². The number of hydrogen-bond acceptors (Lipinski definition) is 6. The van der Waals surface area contributed by atoms with Crippen LogP contribution in [0.15, 0.2) is 65.1 Å². The molecular formula is C19H14N4O3S2. The molecule has 9 heteroatoms. The van der Waals surface area contributed by atoms with E-state index in [1.165, 1.54) is 17.8 Å². The van der Waals surface area contributed by atoms with Crippen LogP contribution in [0.2, 0.25) is 0 Å². The topological polar surface area (TPSA) is 89.5 Å². The molecule has 7 nitrogen and oxygen atoms in total. The molecule has 2 heterocycles. The fourth-order valence-corrected chi connectivity index (χ4v) is 4.01. The van der Waals surface area contributed by atoms with Crippen LogP contribution in [0.25, 0.3) is 16.2 Å². The minimum atomic E-state index is -0.479. The van der Waals surface area contributed by atoms with Crippen LogP contribution in [0.1, 0.15) is 10.4 Å². The number of carbonyl (C=O) groups is 1. The molecule has 0 spiro atoms. The number of imidazole rings is 1. The first-order valence-corrected chi connectivity index (χ1v) is 10.3. The van der Waals surface area contributed by atoms with Gasteiger partial charge in [0.25, 0.3) is 11.6 Å². The fourth-order valence-electron chi connectivity index (χ4n) is 2.77. The number of hydrogen-bond donors (Lipinski definition) is 1. The lowest BCUT2D eigenvalue weighted by molar-refractivity contribution is -0.387. The predicted molar refractivity (Wildman–Crippen MR) is 111 cm³/mol. The number of nitro groups is 1. The van der Waals surface area contributed by atoms with Crippen LogP contribution in [0, 0.1) is 10.1 Å². The molecule has 0 unspecified atom stereocenters. The quantitative estimate of drug-likeness (QED) is 0.286. The van der Waals surface area contributed by atoms with E-state index >= 15 is 0 Å². The first kappa shape index (κ1) is 18.2. The number of rotatable bonds is 5. The van der Waals surface area contributed by atoms with Crippen molar-refractivity contribution in [2.75, 3.05) is 11.6 Å². The van der Waals surface area contributed by atoms with Gasteiger partial charge in [0.05, 0.1) is 15.5 Å². The predicted octanol–water partition coefficient (Wildman–Crippen LogP) is 4.95. The molecule has 0 fully saturated rings. The Hall–Kier alpha value is -3.17. The number of anilines is 1. The summed E-state index contributed by atoms with van der Waals surface area (Å²) in [6.07, 6.45) is 5.66. The third kappa shape index (κ3) is 3.49. The van der Waals surface area contributed by atoms with E-state index < -0.39 is 10.8 Å². The number of fused-ring (bicyclic) bond motifs is 1. The van der Waals surface area contributed by atoms with Crippen LogP contribution >= 0.6 is 23.1 Å². The lowest BCUT2D eigenvalue weighted by Gasteiger charge is -2.07. The highest BCUT2D eigenvalue weighted by molar-refractivity contribution is 7.98. The van der Waals surface area contributed by atoms with Crippen molar-refractivity contribution in [3.05, 3.63) is 75.9 Å². The molecule has 1 amide bonds. The van der Waals surface area contributed by atoms with Crippen molar-refractivity contribution in [2.45, 2.75) is 4.90 Å². The highest BCUT2D eigenvalue weighted by Crippen LogP contribution is 2.29. The average molecular weight is 410 g/mol. The van der Waals surface area contributed by atoms with E-state index in [-0.39, 0.29) is 11.3 Å². The van der Waals surface area contributed by atoms with Gasteiger partial charge in [-0.1, -0.05) is 12.1 Å². The molecule has 0 aliphatic carbocycles. The van der Waals surface area contributed by atoms with Crippen LogP contribution in [0.3, 0.4) is 0 Å². The highest BCUT2D eigenvalue weighted by atomic mass is 32.2. The Kier molecular flexibility index (Phi) is 4.84. The summed E-state index contributed by atoms with van der Waals surface area (Å²) < 4.78 is 1.96. The average Bonchev–Trinajstić information content (AvgIpc) is 3.30. The summed E-state index contributed by atoms with van der Waals surface area (Å²) in [6, 6.07) is 11.8. The largest absolute Gasteiger partial charge is 0.322 e. The van der Waals surface area contributed by atoms with Gasteiger partial charge in [0.1, 0.15) is 0 Å². The van der Waals surface area contributed by atoms with Crippen molar-refractivity contribution in [1.82, 2.24) is 9.38 Å². The van der Waals surface area contributed by atoms with Gasteiger partial charge in [-0.05, 0) is 30.5 Å². The van der Waals surface area contributed by atoms with E-state index in [9.17, 15) is 14.9 Å². The van der Waals surface area contributed by atoms with E-state index in [0.717, 1.165) is 16.2 Å². The van der Waals surface area contributed by atoms with E-state index in [0.29, 0.717) is 10.6 Å². The summed E-state index contributed by atoms with van der Waals surface area (Å²) in [5.41, 5.74) is 2.56. The van der Waals surface area contributed by atoms with Crippen LogP contribution in [-0.4, -0.2) is 26.5 Å². The van der Waals surface area contributed by atoms with Crippen molar-refractivity contribution in [2.24, 2.45) is 0 Å². The Morgan fingerprint density at radius 1 is 1.25 bits per heavy atom. The molecule has 0 saturated heterocycles. The van der Waals surface area contributed by atoms with Gasteiger partial charge in [0.15, 0.2) is 4.96 Å². The number of benzene rings is 2. The lowest BCUT2D eigenvalue weighted by Crippen LogP contribution is -2.12. The summed E-state index contributed by atoms with van der Waals surface area (Å²) in [5, 5.41) is 15.9. The van der Waals surface area contributed by atoms with Gasteiger partial charge < -0.3 is 5.32 Å². The SMILES string of the molecule is CSc1ccc(C(=O)Nc2ccc(-c3cn4ccsc4n3)cc2)cc1[N+](=O)[O-]. The highest BCUT2D eigenvalue weighted by Gasteiger charge is 2.17. The molecule has 4 rings (SSSR count). The number of nitro benzene ring substituents is 1. The van der Waals surface area contributed by atoms with E-state index in [4.69, 9.17) is 0 Å². The minimum Gasteiger partial charge on any atom is -0.322 e. The minimum absolute atomic E-state index is 0.0738. The number of nitrogens with one attached hydrogen (secondary N) is 1. The number of thioether (sulfide) groups is 1. The Labute approximate surface area is 168 Å². The maximum absolute atomic E-state index is 12.5. The van der Waals surface area contributed by atoms with Gasteiger partial charge in [-0.25, -0.2) is 4.98 Å². The Morgan fingerprint density at radius 3 is 2.71 bits per heavy atom. The fraction of sp³-hybridized carbons (Fsp3) is 0.0526. The van der Waals surface area contributed by atoms with Crippen LogP contribution in [0.4, 0.5) is 11.4 Å². The molecule has 0 atom stereocenters. The van der Waals surface area contributed by atoms with Crippen LogP contribution in [-0.2, 0) is 0 Å². The number of thiazole rings is 1. The number of nitrogens with zero attached hydrogens (tertiary/aromatic N) is 3. The van der Waals surface area contributed by atoms with Crippen LogP contribution < -0.4 is 5.32 Å². The van der Waals surface area contributed by atoms with Gasteiger partial charge in [0, 0.05) is 40.7 Å². The second-order valence-electron chi connectivity index (χ2n) is 5.89. The molecule has 0 radical (unpaired) electrons. The van der Waals surface area contributed by atoms with Crippen molar-refractivity contribution in [3.8, 4) is 11.3 Å². The summed E-state index contributed by atoms with van der Waals surface area (Å²) in [6.45, 7) is 0. The molecule has 1 N–H and O–H groups in total. The first-order valence-electron chi connectivity index (χ1n) is 8.21. The van der Waals surface area contributed by atoms with Gasteiger partial charge in [-0.3, -0.25) is 19.3 Å². The van der Waals surface area contributed by atoms with Gasteiger partial charge in [-0.2, -0.15) is 0 Å². The summed E-state index contributed by atoms with van der Waals surface area (Å²) in [4.78, 5) is 29.2. The van der Waals surface area contributed by atoms with Crippen molar-refractivity contribution in [1.29, 1.82) is 0 Å². The molecule has 4 aromatic rings. The molecule has 0 aliphatic heterocycles. The second kappa shape index (κ2) is 7.45. The third-order valence-corrected chi connectivity index (χ3v) is 5.73. The van der Waals surface area contributed by atoms with Crippen molar-refractivity contribution in [3.63, 3.8) is 0 Å². The first-order chi connectivity index (χ1) is 13.5. The zero-order valence-corrected chi connectivity index (χ0v) is 16.3. The molecule has 0 bridgehead atoms. The maximum Gasteiger partial charge on any atom is 0.283 e. The van der Waals surface area contributed by atoms with Gasteiger partial charge in [0.2, 0.25) is 0 Å². The molecule has 140 valence electrons. The molecule has 2 aromatic heterocycles. The monoisotopic (exact) mass is 410 g/mol. The summed E-state index contributed by atoms with van der Waals surface area (Å²) in [7, 11) is 0. The Bertz CT molecular complexity index is 1150. The van der Waals surface area contributed by atoms with Crippen molar-refractivity contribution < 1.29 is 9.72 Å². The van der Waals surface area contributed by atoms with Gasteiger partial charge in [-0.15, -0.1) is 23.1 Å². The molecule has 0 aliphatic rings. The summed E-state index contributed by atoms with van der Waals surface area (Å²) in [5.74, 6) is -0.397. The molecule has 2 aromatic carbocycles. The van der Waals surface area contributed by atoms with E-state index in [2.05, 4.69) is 10.3 Å². The third-order valence-electron chi connectivity index (χ3n) is 4.17. The Balaban J connectivity index is 1.52. The van der Waals surface area contributed by atoms with Crippen molar-refractivity contribution >= 4 is 45.3 Å². The molecule has 28 heavy (non-hydrogen) atoms. The number of amides is 1. The second-order valence-corrected chi connectivity index (χ2v) is 7.62. The van der Waals surface area contributed by atoms with Crippen LogP contribution in [0.5, 0.6) is 0 Å². The van der Waals surface area contributed by atoms with E-state index in [1.54, 1.807) is 41.9 Å². The lowest BCUT2D eigenvalue weighted by atomic mass is 10.1. The zero-order valence-electron chi connectivity index (χ0n) is 14.7. The Morgan fingerprint density at radius 2 is 2.04 bits per heavy atom. The number of carbonyl (C=O) groups excluding carboxylic acids is 1.